The summed E-state index contributed by atoms with van der Waals surface area (Å²) >= 11 is 0. The molecule has 2 aliphatic rings. The Morgan fingerprint density at radius 2 is 1.03 bits per heavy atom. The predicted octanol–water partition coefficient (Wildman–Crippen LogP) is 8.12. The van der Waals surface area contributed by atoms with E-state index in [0.29, 0.717) is 97.5 Å². The molecule has 404 valence electrons. The van der Waals surface area contributed by atoms with Crippen LogP contribution in [0.4, 0.5) is 48.2 Å². The Labute approximate surface area is 438 Å². The average Bonchev–Trinajstić information content (AvgIpc) is 3.84. The molecule has 7 aromatic rings. The topological polar surface area (TPSA) is 241 Å². The van der Waals surface area contributed by atoms with Crippen LogP contribution in [0.2, 0.25) is 0 Å². The molecule has 3 aromatic heterocycles. The molecule has 7 N–H and O–H groups in total. The number of aromatic nitrogens is 6. The number of nitrogens with two attached hydrogens (primary N) is 3. The van der Waals surface area contributed by atoms with Crippen molar-refractivity contribution in [3.63, 3.8) is 0 Å². The maximum Gasteiger partial charge on any atom is 0.416 e. The number of hydrogen-bond acceptors (Lipinski definition) is 15. The van der Waals surface area contributed by atoms with Crippen molar-refractivity contribution in [1.82, 2.24) is 30.1 Å². The molecule has 0 unspecified atom stereocenters. The number of ketones is 2. The molecule has 5 heterocycles. The molecule has 16 nitrogen and oxygen atoms in total. The number of nitrogens with zero attached hydrogens (tertiary/aromatic N) is 8. The van der Waals surface area contributed by atoms with Gasteiger partial charge in [-0.25, -0.2) is 19.9 Å². The zero-order chi connectivity index (χ0) is 55.4. The minimum Gasteiger partial charge on any atom is -0.380 e. The fourth-order valence-electron chi connectivity index (χ4n) is 8.85. The van der Waals surface area contributed by atoms with E-state index < -0.39 is 29.3 Å². The Balaban J connectivity index is 0.000000217. The van der Waals surface area contributed by atoms with Crippen molar-refractivity contribution < 1.29 is 49.8 Å². The molecule has 2 fully saturated rings. The summed E-state index contributed by atoms with van der Waals surface area (Å²) in [5, 5.41) is 16.4. The quantitative estimate of drug-likeness (QED) is 0.0457. The molecule has 9 rings (SSSR count). The van der Waals surface area contributed by atoms with Gasteiger partial charge in [-0.3, -0.25) is 26.4 Å². The van der Waals surface area contributed by atoms with Crippen LogP contribution >= 0.6 is 0 Å². The van der Waals surface area contributed by atoms with Crippen molar-refractivity contribution in [2.45, 2.75) is 64.7 Å². The molecule has 0 bridgehead atoms. The molecule has 0 atom stereocenters. The third kappa shape index (κ3) is 14.1. The van der Waals surface area contributed by atoms with E-state index in [2.05, 4.69) is 41.7 Å². The highest BCUT2D eigenvalue weighted by Gasteiger charge is 2.34. The number of nitriles is 1. The summed E-state index contributed by atoms with van der Waals surface area (Å²) in [6, 6.07) is 23.9. The van der Waals surface area contributed by atoms with Gasteiger partial charge < -0.3 is 25.0 Å². The fourth-order valence-corrected chi connectivity index (χ4v) is 8.85. The van der Waals surface area contributed by atoms with Gasteiger partial charge in [0.05, 0.1) is 37.6 Å². The molecule has 0 radical (unpaired) electrons. The lowest BCUT2D eigenvalue weighted by Gasteiger charge is -2.28. The number of fused-ring (bicyclic) bond motifs is 1. The Hall–Kier alpha value is -7.91. The number of rotatable bonds is 14. The number of H-pyrrole nitrogens is 1. The van der Waals surface area contributed by atoms with Crippen LogP contribution < -0.4 is 27.2 Å². The molecule has 2 saturated heterocycles. The molecule has 0 spiro atoms. The maximum atomic E-state index is 14.7. The Morgan fingerprint density at radius 3 is 1.45 bits per heavy atom. The number of nitrogen functional groups attached to an aromatic ring is 1. The lowest BCUT2D eigenvalue weighted by atomic mass is 9.97. The number of Topliss-reactive ketones (excluding diaryl/α,β-unsaturated/α-hetero) is 2. The third-order valence-electron chi connectivity index (χ3n) is 12.7. The lowest BCUT2D eigenvalue weighted by molar-refractivity contribution is -0.139. The van der Waals surface area contributed by atoms with Crippen molar-refractivity contribution in [3.05, 3.63) is 141 Å². The monoisotopic (exact) mass is 1070 g/mol. The van der Waals surface area contributed by atoms with E-state index in [1.165, 1.54) is 12.1 Å². The van der Waals surface area contributed by atoms with Crippen LogP contribution in [0, 0.1) is 17.1 Å². The third-order valence-corrected chi connectivity index (χ3v) is 12.7. The number of nitrogens with one attached hydrogen (secondary N) is 1. The van der Waals surface area contributed by atoms with E-state index in [4.69, 9.17) is 20.2 Å². The molecule has 0 amide bonds. The maximum absolute atomic E-state index is 14.7. The summed E-state index contributed by atoms with van der Waals surface area (Å²) in [7, 11) is 0. The summed E-state index contributed by atoms with van der Waals surface area (Å²) in [6.07, 6.45) is -8.47. The first-order chi connectivity index (χ1) is 36.9. The highest BCUT2D eigenvalue weighted by molar-refractivity contribution is 5.94. The molecular formula is C54H55F7N12O4. The summed E-state index contributed by atoms with van der Waals surface area (Å²) in [4.78, 5) is 46.8. The first-order valence-electron chi connectivity index (χ1n) is 24.5. The number of hydrogen-bond donors (Lipinski definition) is 4. The number of aryl methyl sites for hydroxylation is 2. The highest BCUT2D eigenvalue weighted by atomic mass is 19.4. The summed E-state index contributed by atoms with van der Waals surface area (Å²) < 4.78 is 106. The second-order valence-electron chi connectivity index (χ2n) is 17.9. The van der Waals surface area contributed by atoms with Crippen molar-refractivity contribution in [2.24, 2.45) is 11.7 Å². The number of carbonyl (C=O) groups excluding carboxylic acids is 2. The highest BCUT2D eigenvalue weighted by Crippen LogP contribution is 2.35. The Kier molecular flexibility index (Phi) is 18.7. The number of morpholine rings is 2. The lowest BCUT2D eigenvalue weighted by Crippen LogP contribution is -2.37. The number of carbonyl (C=O) groups is 2. The van der Waals surface area contributed by atoms with Crippen LogP contribution in [0.3, 0.4) is 0 Å². The largest absolute Gasteiger partial charge is 0.416 e. The second-order valence-corrected chi connectivity index (χ2v) is 17.9. The second kappa shape index (κ2) is 25.3. The molecule has 0 aliphatic carbocycles. The van der Waals surface area contributed by atoms with E-state index in [1.54, 1.807) is 73.3 Å². The first kappa shape index (κ1) is 56.8. The van der Waals surface area contributed by atoms with Crippen molar-refractivity contribution in [1.29, 1.82) is 5.26 Å². The molecular weight excluding hydrogens is 1010 g/mol. The fraction of sp³-hybridized carbons (Fsp3) is 0.333. The molecule has 0 saturated carbocycles. The van der Waals surface area contributed by atoms with Crippen molar-refractivity contribution in [2.75, 3.05) is 68.1 Å². The van der Waals surface area contributed by atoms with Crippen LogP contribution in [0.15, 0.2) is 84.9 Å². The smallest absolute Gasteiger partial charge is 0.380 e. The Bertz CT molecular complexity index is 3220. The number of ether oxygens (including phenoxy) is 2. The standard InChI is InChI=1S/C27H24F4N4O2.C27H27F3N6O2.H4N2/c1-2-19-6-5-18(15-22(19)27(29,30)31)14-21(36)13-17-3-7-20(8-4-17)25-33-23(16-32)24(28)26(34-25)35-9-11-37-12-10-35;1-2-18-6-5-17(15-21(18)27(28,29)30)14-20(37)13-16-3-7-19(8-4-16)25-32-22-23(34-35-24(22)31)26(33-25)36-9-11-38-12-10-36;1-2/h3-8,15H,2,9-14H2,1H3;3-8,15H,2,9-14H2,1H3,(H3,31,34,35);1-2H2. The SMILES string of the molecule is CCc1ccc(CC(=O)Cc2ccc(-c3nc(C#N)c(F)c(N4CCOCC4)n3)cc2)cc1C(F)(F)F.CCc1ccc(CC(=O)Cc2ccc(-c3nc(N4CCOCC4)c4[nH]nc(N)c4n3)cc2)cc1C(F)(F)F.NN. The van der Waals surface area contributed by atoms with E-state index in [0.717, 1.165) is 23.3 Å². The first-order valence-corrected chi connectivity index (χ1v) is 24.5. The van der Waals surface area contributed by atoms with Crippen LogP contribution in [0.25, 0.3) is 33.8 Å². The van der Waals surface area contributed by atoms with Gasteiger partial charge in [0.1, 0.15) is 28.7 Å². The van der Waals surface area contributed by atoms with Gasteiger partial charge in [-0.15, -0.1) is 0 Å². The number of hydrazine groups is 1. The predicted molar refractivity (Wildman–Crippen MR) is 275 cm³/mol. The van der Waals surface area contributed by atoms with E-state index in [9.17, 15) is 45.6 Å². The van der Waals surface area contributed by atoms with Gasteiger partial charge in [-0.05, 0) is 58.4 Å². The van der Waals surface area contributed by atoms with E-state index >= 15 is 0 Å². The number of aromatic amines is 1. The number of anilines is 3. The van der Waals surface area contributed by atoms with Gasteiger partial charge in [0, 0.05) is 63.0 Å². The zero-order valence-corrected chi connectivity index (χ0v) is 42.1. The zero-order valence-electron chi connectivity index (χ0n) is 42.1. The molecule has 2 aliphatic heterocycles. The van der Waals surface area contributed by atoms with Gasteiger partial charge >= 0.3 is 12.4 Å². The van der Waals surface area contributed by atoms with E-state index in [1.807, 2.05) is 12.1 Å². The van der Waals surface area contributed by atoms with Crippen LogP contribution in [-0.2, 0) is 69.9 Å². The summed E-state index contributed by atoms with van der Waals surface area (Å²) in [6.45, 7) is 7.58. The average molecular weight is 1070 g/mol. The molecule has 4 aromatic carbocycles. The van der Waals surface area contributed by atoms with Crippen molar-refractivity contribution >= 4 is 40.1 Å². The van der Waals surface area contributed by atoms with Gasteiger partial charge in [-0.1, -0.05) is 86.6 Å². The van der Waals surface area contributed by atoms with E-state index in [-0.39, 0.29) is 84.4 Å². The normalized spacial score (nSPS) is 13.8. The van der Waals surface area contributed by atoms with Crippen LogP contribution in [0.1, 0.15) is 64.0 Å². The summed E-state index contributed by atoms with van der Waals surface area (Å²) in [5.41, 5.74) is 9.23. The number of halogens is 7. The van der Waals surface area contributed by atoms with Crippen LogP contribution in [0.5, 0.6) is 0 Å². The van der Waals surface area contributed by atoms with Crippen LogP contribution in [-0.4, -0.2) is 94.3 Å². The summed E-state index contributed by atoms with van der Waals surface area (Å²) in [5.74, 6) is 8.48. The molecule has 77 heavy (non-hydrogen) atoms. The van der Waals surface area contributed by atoms with Gasteiger partial charge in [0.15, 0.2) is 34.8 Å². The molecule has 23 heteroatoms. The van der Waals surface area contributed by atoms with Gasteiger partial charge in [0.2, 0.25) is 5.82 Å². The minimum atomic E-state index is -4.48. The Morgan fingerprint density at radius 1 is 0.623 bits per heavy atom. The van der Waals surface area contributed by atoms with Gasteiger partial charge in [0.25, 0.3) is 0 Å². The number of benzene rings is 4. The van der Waals surface area contributed by atoms with Crippen molar-refractivity contribution in [3.8, 4) is 28.8 Å². The number of alkyl halides is 6. The van der Waals surface area contributed by atoms with Gasteiger partial charge in [-0.2, -0.15) is 41.1 Å². The minimum absolute atomic E-state index is 0.0317.